The van der Waals surface area contributed by atoms with Crippen molar-refractivity contribution in [2.45, 2.75) is 11.4 Å². The number of thiazole rings is 1. The van der Waals surface area contributed by atoms with Crippen LogP contribution in [-0.2, 0) is 16.6 Å². The Morgan fingerprint density at radius 3 is 2.39 bits per heavy atom. The minimum atomic E-state index is -3.78. The monoisotopic (exact) mass is 511 g/mol. The summed E-state index contributed by atoms with van der Waals surface area (Å²) in [5, 5.41) is 2.16. The van der Waals surface area contributed by atoms with Crippen LogP contribution in [0.3, 0.4) is 0 Å². The van der Waals surface area contributed by atoms with Gasteiger partial charge in [0.25, 0.3) is 15.9 Å². The molecule has 0 atom stereocenters. The molecule has 1 amide bonds. The number of fused-ring (bicyclic) bond motifs is 3. The number of para-hydroxylation sites is 1. The van der Waals surface area contributed by atoms with Crippen molar-refractivity contribution in [2.24, 2.45) is 4.99 Å². The van der Waals surface area contributed by atoms with E-state index in [1.807, 2.05) is 47.0 Å². The molecule has 178 valence electrons. The molecule has 4 aromatic carbocycles. The second-order valence-corrected chi connectivity index (χ2v) is 11.0. The van der Waals surface area contributed by atoms with Crippen molar-refractivity contribution in [2.75, 3.05) is 11.4 Å². The molecular weight excluding hydrogens is 490 g/mol. The molecule has 1 aromatic heterocycles. The molecule has 6 nitrogen and oxygen atoms in total. The summed E-state index contributed by atoms with van der Waals surface area (Å²) < 4.78 is 30.1. The van der Waals surface area contributed by atoms with E-state index in [0.717, 1.165) is 21.0 Å². The zero-order valence-corrected chi connectivity index (χ0v) is 21.0. The molecule has 5 aromatic rings. The summed E-state index contributed by atoms with van der Waals surface area (Å²) in [7, 11) is -2.28. The molecule has 0 saturated carbocycles. The molecule has 1 heterocycles. The average molecular weight is 512 g/mol. The summed E-state index contributed by atoms with van der Waals surface area (Å²) in [6, 6.07) is 26.6. The molecule has 5 rings (SSSR count). The Morgan fingerprint density at radius 2 is 1.67 bits per heavy atom. The summed E-state index contributed by atoms with van der Waals surface area (Å²) in [5.74, 6) is 2.16. The smallest absolute Gasteiger partial charge is 0.279 e. The van der Waals surface area contributed by atoms with E-state index in [-0.39, 0.29) is 17.0 Å². The van der Waals surface area contributed by atoms with Gasteiger partial charge in [-0.05, 0) is 47.9 Å². The minimum Gasteiger partial charge on any atom is -0.305 e. The lowest BCUT2D eigenvalue weighted by Gasteiger charge is -2.19. The quantitative estimate of drug-likeness (QED) is 0.310. The van der Waals surface area contributed by atoms with E-state index in [1.165, 1.54) is 47.0 Å². The van der Waals surface area contributed by atoms with Crippen LogP contribution in [0.5, 0.6) is 0 Å². The highest BCUT2D eigenvalue weighted by atomic mass is 32.2. The van der Waals surface area contributed by atoms with Crippen LogP contribution in [0.4, 0.5) is 5.69 Å². The number of amides is 1. The Morgan fingerprint density at radius 1 is 0.972 bits per heavy atom. The van der Waals surface area contributed by atoms with Gasteiger partial charge in [-0.15, -0.1) is 6.42 Å². The van der Waals surface area contributed by atoms with E-state index in [4.69, 9.17) is 6.42 Å². The number of benzene rings is 4. The SMILES string of the molecule is C#CCn1c(=NC(=O)c2ccc(S(=O)(=O)N(C)c3ccccc3)cc2)sc2c3ccccc3ccc21. The lowest BCUT2D eigenvalue weighted by molar-refractivity contribution is 0.0998. The van der Waals surface area contributed by atoms with Crippen LogP contribution in [0.1, 0.15) is 10.4 Å². The number of anilines is 1. The van der Waals surface area contributed by atoms with E-state index in [0.29, 0.717) is 10.5 Å². The van der Waals surface area contributed by atoms with Crippen molar-refractivity contribution >= 4 is 53.9 Å². The fourth-order valence-electron chi connectivity index (χ4n) is 3.98. The zero-order valence-electron chi connectivity index (χ0n) is 19.3. The minimum absolute atomic E-state index is 0.0844. The second kappa shape index (κ2) is 9.46. The molecule has 0 N–H and O–H groups in total. The highest BCUT2D eigenvalue weighted by molar-refractivity contribution is 7.92. The predicted octanol–water partition coefficient (Wildman–Crippen LogP) is 5.06. The average Bonchev–Trinajstić information content (AvgIpc) is 3.26. The van der Waals surface area contributed by atoms with Crippen molar-refractivity contribution in [1.82, 2.24) is 4.57 Å². The lowest BCUT2D eigenvalue weighted by atomic mass is 10.1. The Hall–Kier alpha value is -4.19. The standard InChI is InChI=1S/C28H21N3O3S2/c1-3-19-31-25-18-15-20-9-7-8-12-24(20)26(25)35-28(31)29-27(32)21-13-16-23(17-14-21)36(33,34)30(2)22-10-5-4-6-11-22/h1,4-18H,19H2,2H3. The van der Waals surface area contributed by atoms with E-state index >= 15 is 0 Å². The topological polar surface area (TPSA) is 71.7 Å². The molecule has 0 aliphatic carbocycles. The third kappa shape index (κ3) is 4.19. The molecule has 0 bridgehead atoms. The fourth-order valence-corrected chi connectivity index (χ4v) is 6.34. The number of rotatable bonds is 5. The maximum Gasteiger partial charge on any atom is 0.279 e. The summed E-state index contributed by atoms with van der Waals surface area (Å²) in [5.41, 5.74) is 1.74. The Labute approximate surface area is 212 Å². The van der Waals surface area contributed by atoms with Gasteiger partial charge in [0.05, 0.1) is 27.3 Å². The molecule has 0 fully saturated rings. The largest absolute Gasteiger partial charge is 0.305 e. The molecule has 36 heavy (non-hydrogen) atoms. The fraction of sp³-hybridized carbons (Fsp3) is 0.0714. The van der Waals surface area contributed by atoms with Crippen LogP contribution in [0.2, 0.25) is 0 Å². The summed E-state index contributed by atoms with van der Waals surface area (Å²) in [6.07, 6.45) is 5.60. The van der Waals surface area contributed by atoms with Crippen LogP contribution in [-0.4, -0.2) is 25.9 Å². The normalized spacial score (nSPS) is 12.1. The Kier molecular flexibility index (Phi) is 6.18. The number of sulfonamides is 1. The van der Waals surface area contributed by atoms with Crippen LogP contribution in [0, 0.1) is 12.3 Å². The Bertz CT molecular complexity index is 1810. The number of aromatic nitrogens is 1. The first-order chi connectivity index (χ1) is 17.4. The van der Waals surface area contributed by atoms with Crippen LogP contribution in [0.25, 0.3) is 21.0 Å². The van der Waals surface area contributed by atoms with Gasteiger partial charge in [0, 0.05) is 18.0 Å². The Balaban J connectivity index is 1.51. The second-order valence-electron chi connectivity index (χ2n) is 8.06. The van der Waals surface area contributed by atoms with Crippen LogP contribution >= 0.6 is 11.3 Å². The molecule has 0 radical (unpaired) electrons. The van der Waals surface area contributed by atoms with Crippen molar-refractivity contribution in [1.29, 1.82) is 0 Å². The third-order valence-corrected chi connectivity index (χ3v) is 8.83. The van der Waals surface area contributed by atoms with Gasteiger partial charge in [-0.25, -0.2) is 8.42 Å². The van der Waals surface area contributed by atoms with Gasteiger partial charge in [-0.3, -0.25) is 9.10 Å². The maximum atomic E-state index is 13.0. The predicted molar refractivity (Wildman–Crippen MR) is 145 cm³/mol. The lowest BCUT2D eigenvalue weighted by Crippen LogP contribution is -2.26. The van der Waals surface area contributed by atoms with Gasteiger partial charge in [-0.1, -0.05) is 65.8 Å². The van der Waals surface area contributed by atoms with Gasteiger partial charge in [0.1, 0.15) is 0 Å². The van der Waals surface area contributed by atoms with Gasteiger partial charge in [0.15, 0.2) is 4.80 Å². The van der Waals surface area contributed by atoms with Crippen LogP contribution < -0.4 is 9.11 Å². The van der Waals surface area contributed by atoms with E-state index in [9.17, 15) is 13.2 Å². The van der Waals surface area contributed by atoms with Crippen molar-refractivity contribution in [3.05, 3.63) is 101 Å². The molecule has 0 saturated heterocycles. The van der Waals surface area contributed by atoms with Gasteiger partial charge >= 0.3 is 0 Å². The highest BCUT2D eigenvalue weighted by Crippen LogP contribution is 2.28. The van der Waals surface area contributed by atoms with Crippen molar-refractivity contribution in [3.63, 3.8) is 0 Å². The van der Waals surface area contributed by atoms with Gasteiger partial charge < -0.3 is 4.57 Å². The molecule has 8 heteroatoms. The van der Waals surface area contributed by atoms with Gasteiger partial charge in [-0.2, -0.15) is 4.99 Å². The number of carbonyl (C=O) groups is 1. The number of nitrogens with zero attached hydrogens (tertiary/aromatic N) is 3. The number of hydrogen-bond donors (Lipinski definition) is 0. The van der Waals surface area contributed by atoms with Gasteiger partial charge in [0.2, 0.25) is 0 Å². The molecule has 0 spiro atoms. The summed E-state index contributed by atoms with van der Waals surface area (Å²) in [4.78, 5) is 18.0. The third-order valence-electron chi connectivity index (χ3n) is 5.90. The van der Waals surface area contributed by atoms with Crippen molar-refractivity contribution in [3.8, 4) is 12.3 Å². The number of terminal acetylenes is 1. The van der Waals surface area contributed by atoms with Crippen LogP contribution in [0.15, 0.2) is 101 Å². The first-order valence-corrected chi connectivity index (χ1v) is 13.3. The number of carbonyl (C=O) groups excluding carboxylic acids is 1. The van der Waals surface area contributed by atoms with E-state index in [1.54, 1.807) is 24.3 Å². The number of hydrogen-bond acceptors (Lipinski definition) is 4. The molecular formula is C28H21N3O3S2. The molecule has 0 aliphatic heterocycles. The molecule has 0 aliphatic rings. The maximum absolute atomic E-state index is 13.0. The summed E-state index contributed by atoms with van der Waals surface area (Å²) >= 11 is 1.40. The zero-order chi connectivity index (χ0) is 25.3. The van der Waals surface area contributed by atoms with E-state index in [2.05, 4.69) is 10.9 Å². The molecule has 0 unspecified atom stereocenters. The highest BCUT2D eigenvalue weighted by Gasteiger charge is 2.21. The first kappa shape index (κ1) is 23.5. The summed E-state index contributed by atoms with van der Waals surface area (Å²) in [6.45, 7) is 0.271. The van der Waals surface area contributed by atoms with Crippen molar-refractivity contribution < 1.29 is 13.2 Å². The van der Waals surface area contributed by atoms with E-state index < -0.39 is 15.9 Å². The first-order valence-electron chi connectivity index (χ1n) is 11.1.